The smallest absolute Gasteiger partial charge is 0.282 e. The van der Waals surface area contributed by atoms with Gasteiger partial charge in [0.2, 0.25) is 0 Å². The SMILES string of the molecule is C[C@H](C(=O)Nc1ccc(F)c(F)c1)[NH+]1CCN(S(=O)(=O)c2cccs2)CC1. The van der Waals surface area contributed by atoms with Gasteiger partial charge < -0.3 is 10.2 Å². The molecule has 2 aromatic rings. The fourth-order valence-electron chi connectivity index (χ4n) is 2.99. The van der Waals surface area contributed by atoms with Crippen LogP contribution in [0.3, 0.4) is 0 Å². The molecule has 0 unspecified atom stereocenters. The van der Waals surface area contributed by atoms with E-state index in [4.69, 9.17) is 0 Å². The minimum Gasteiger partial charge on any atom is -0.323 e. The lowest BCUT2D eigenvalue weighted by molar-refractivity contribution is -0.917. The van der Waals surface area contributed by atoms with E-state index in [1.165, 1.54) is 21.7 Å². The number of quaternary nitrogens is 1. The largest absolute Gasteiger partial charge is 0.323 e. The Kier molecular flexibility index (Phi) is 5.89. The number of carbonyl (C=O) groups excluding carboxylic acids is 1. The Balaban J connectivity index is 1.58. The number of hydrogen-bond acceptors (Lipinski definition) is 4. The highest BCUT2D eigenvalue weighted by atomic mass is 32.2. The maximum atomic E-state index is 13.3. The molecule has 1 amide bonds. The minimum atomic E-state index is -3.48. The molecule has 1 fully saturated rings. The van der Waals surface area contributed by atoms with Gasteiger partial charge >= 0.3 is 0 Å². The third kappa shape index (κ3) is 4.34. The molecule has 2 heterocycles. The van der Waals surface area contributed by atoms with Crippen LogP contribution in [0.15, 0.2) is 39.9 Å². The molecule has 1 aliphatic heterocycles. The van der Waals surface area contributed by atoms with E-state index in [0.29, 0.717) is 30.4 Å². The number of nitrogens with zero attached hydrogens (tertiary/aromatic N) is 1. The van der Waals surface area contributed by atoms with Crippen molar-refractivity contribution in [2.45, 2.75) is 17.2 Å². The first-order valence-corrected chi connectivity index (χ1v) is 10.7. The molecule has 6 nitrogen and oxygen atoms in total. The predicted octanol–water partition coefficient (Wildman–Crippen LogP) is 0.943. The van der Waals surface area contributed by atoms with Crippen molar-refractivity contribution in [3.63, 3.8) is 0 Å². The summed E-state index contributed by atoms with van der Waals surface area (Å²) in [6.45, 7) is 3.33. The molecule has 2 N–H and O–H groups in total. The fraction of sp³-hybridized carbons (Fsp3) is 0.353. The summed E-state index contributed by atoms with van der Waals surface area (Å²) in [5.74, 6) is -2.33. The number of thiophene rings is 1. The van der Waals surface area contributed by atoms with Crippen LogP contribution in [0.5, 0.6) is 0 Å². The summed E-state index contributed by atoms with van der Waals surface area (Å²) in [6, 6.07) is 6.01. The molecule has 146 valence electrons. The lowest BCUT2D eigenvalue weighted by Crippen LogP contribution is -3.19. The monoisotopic (exact) mass is 416 g/mol. The van der Waals surface area contributed by atoms with Crippen molar-refractivity contribution in [3.8, 4) is 0 Å². The van der Waals surface area contributed by atoms with Crippen LogP contribution in [-0.2, 0) is 14.8 Å². The highest BCUT2D eigenvalue weighted by Crippen LogP contribution is 2.20. The van der Waals surface area contributed by atoms with Crippen molar-refractivity contribution >= 4 is 33.0 Å². The summed E-state index contributed by atoms with van der Waals surface area (Å²) in [6.07, 6.45) is 0. The molecule has 1 atom stereocenters. The summed E-state index contributed by atoms with van der Waals surface area (Å²) < 4.78 is 53.1. The van der Waals surface area contributed by atoms with Gasteiger partial charge in [-0.15, -0.1) is 11.3 Å². The second-order valence-corrected chi connectivity index (χ2v) is 9.45. The van der Waals surface area contributed by atoms with Crippen LogP contribution in [-0.4, -0.2) is 50.9 Å². The van der Waals surface area contributed by atoms with Crippen LogP contribution in [0.25, 0.3) is 0 Å². The molecular weight excluding hydrogens is 396 g/mol. The number of anilines is 1. The fourth-order valence-corrected chi connectivity index (χ4v) is 5.58. The molecule has 0 bridgehead atoms. The number of halogens is 2. The van der Waals surface area contributed by atoms with E-state index >= 15 is 0 Å². The van der Waals surface area contributed by atoms with Gasteiger partial charge in [-0.25, -0.2) is 17.2 Å². The Morgan fingerprint density at radius 3 is 2.52 bits per heavy atom. The molecule has 1 aliphatic rings. The first kappa shape index (κ1) is 19.9. The Labute approximate surface area is 160 Å². The lowest BCUT2D eigenvalue weighted by Gasteiger charge is -2.33. The first-order chi connectivity index (χ1) is 12.8. The number of hydrogen-bond donors (Lipinski definition) is 2. The summed E-state index contributed by atoms with van der Waals surface area (Å²) in [4.78, 5) is 13.3. The average molecular weight is 416 g/mol. The topological polar surface area (TPSA) is 70.9 Å². The van der Waals surface area contributed by atoms with Gasteiger partial charge in [0.1, 0.15) is 4.21 Å². The van der Waals surface area contributed by atoms with Crippen molar-refractivity contribution < 1.29 is 26.9 Å². The van der Waals surface area contributed by atoms with Gasteiger partial charge in [-0.05, 0) is 30.5 Å². The van der Waals surface area contributed by atoms with Crippen LogP contribution in [0.1, 0.15) is 6.92 Å². The molecule has 3 rings (SSSR count). The number of benzene rings is 1. The zero-order valence-electron chi connectivity index (χ0n) is 14.6. The van der Waals surface area contributed by atoms with Crippen molar-refractivity contribution in [1.29, 1.82) is 0 Å². The number of piperazine rings is 1. The van der Waals surface area contributed by atoms with Crippen molar-refractivity contribution in [1.82, 2.24) is 4.31 Å². The van der Waals surface area contributed by atoms with Crippen LogP contribution >= 0.6 is 11.3 Å². The number of amides is 1. The Morgan fingerprint density at radius 2 is 1.93 bits per heavy atom. The second kappa shape index (κ2) is 8.01. The molecule has 1 aromatic heterocycles. The highest BCUT2D eigenvalue weighted by Gasteiger charge is 2.34. The molecule has 0 radical (unpaired) electrons. The van der Waals surface area contributed by atoms with Gasteiger partial charge in [0.25, 0.3) is 15.9 Å². The van der Waals surface area contributed by atoms with Crippen LogP contribution in [0, 0.1) is 11.6 Å². The van der Waals surface area contributed by atoms with Crippen molar-refractivity contribution in [3.05, 3.63) is 47.3 Å². The minimum absolute atomic E-state index is 0.184. The molecular formula is C17H20F2N3O3S2+. The van der Waals surface area contributed by atoms with E-state index in [0.717, 1.165) is 17.0 Å². The Morgan fingerprint density at radius 1 is 1.22 bits per heavy atom. The third-order valence-corrected chi connectivity index (χ3v) is 7.92. The van der Waals surface area contributed by atoms with E-state index in [-0.39, 0.29) is 11.6 Å². The quantitative estimate of drug-likeness (QED) is 0.762. The highest BCUT2D eigenvalue weighted by molar-refractivity contribution is 7.91. The Bertz CT molecular complexity index is 912. The molecule has 0 saturated carbocycles. The number of rotatable bonds is 5. The summed E-state index contributed by atoms with van der Waals surface area (Å²) in [5.41, 5.74) is 0.184. The van der Waals surface area contributed by atoms with Gasteiger partial charge in [-0.2, -0.15) is 4.31 Å². The Hall–Kier alpha value is -1.88. The average Bonchev–Trinajstić information content (AvgIpc) is 3.20. The molecule has 27 heavy (non-hydrogen) atoms. The van der Waals surface area contributed by atoms with Crippen LogP contribution < -0.4 is 10.2 Å². The number of sulfonamides is 1. The first-order valence-electron chi connectivity index (χ1n) is 8.43. The normalized spacial score (nSPS) is 17.6. The predicted molar refractivity (Wildman–Crippen MR) is 98.2 cm³/mol. The maximum Gasteiger partial charge on any atom is 0.282 e. The van der Waals surface area contributed by atoms with E-state index in [9.17, 15) is 22.0 Å². The summed E-state index contributed by atoms with van der Waals surface area (Å²) in [5, 5.41) is 4.30. The second-order valence-electron chi connectivity index (χ2n) is 6.33. The van der Waals surface area contributed by atoms with E-state index in [1.54, 1.807) is 24.4 Å². The van der Waals surface area contributed by atoms with Gasteiger partial charge in [0.15, 0.2) is 17.7 Å². The zero-order chi connectivity index (χ0) is 19.6. The van der Waals surface area contributed by atoms with Crippen LogP contribution in [0.2, 0.25) is 0 Å². The standard InChI is InChI=1S/C17H19F2N3O3S2/c1-12(17(23)20-13-4-5-14(18)15(19)11-13)21-6-8-22(9-7-21)27(24,25)16-3-2-10-26-16/h2-5,10-12H,6-9H2,1H3,(H,20,23)/p+1/t12-/m1/s1. The number of carbonyl (C=O) groups is 1. The van der Waals surface area contributed by atoms with Gasteiger partial charge in [-0.3, -0.25) is 4.79 Å². The third-order valence-electron chi connectivity index (χ3n) is 4.65. The zero-order valence-corrected chi connectivity index (χ0v) is 16.2. The van der Waals surface area contributed by atoms with E-state index < -0.39 is 27.7 Å². The molecule has 10 heteroatoms. The molecule has 1 saturated heterocycles. The van der Waals surface area contributed by atoms with Crippen molar-refractivity contribution in [2.75, 3.05) is 31.5 Å². The lowest BCUT2D eigenvalue weighted by atomic mass is 10.2. The number of nitrogens with one attached hydrogen (secondary N) is 2. The molecule has 0 aliphatic carbocycles. The maximum absolute atomic E-state index is 13.3. The molecule has 0 spiro atoms. The van der Waals surface area contributed by atoms with Crippen molar-refractivity contribution in [2.24, 2.45) is 0 Å². The van der Waals surface area contributed by atoms with Gasteiger partial charge in [-0.1, -0.05) is 6.07 Å². The summed E-state index contributed by atoms with van der Waals surface area (Å²) in [7, 11) is -3.48. The van der Waals surface area contributed by atoms with Crippen LogP contribution in [0.4, 0.5) is 14.5 Å². The molecule has 1 aromatic carbocycles. The van der Waals surface area contributed by atoms with E-state index in [2.05, 4.69) is 5.32 Å². The van der Waals surface area contributed by atoms with E-state index in [1.807, 2.05) is 0 Å². The van der Waals surface area contributed by atoms with Gasteiger partial charge in [0.05, 0.1) is 26.2 Å². The van der Waals surface area contributed by atoms with Gasteiger partial charge in [0, 0.05) is 11.8 Å². The summed E-state index contributed by atoms with van der Waals surface area (Å²) >= 11 is 1.18.